The van der Waals surface area contributed by atoms with Crippen molar-refractivity contribution >= 4 is 34.3 Å². The first-order valence-corrected chi connectivity index (χ1v) is 9.46. The molecule has 1 N–H and O–H groups in total. The van der Waals surface area contributed by atoms with Crippen molar-refractivity contribution in [2.75, 3.05) is 11.1 Å². The maximum absolute atomic E-state index is 12.0. The third-order valence-corrected chi connectivity index (χ3v) is 4.92. The van der Waals surface area contributed by atoms with E-state index in [0.29, 0.717) is 16.7 Å². The summed E-state index contributed by atoms with van der Waals surface area (Å²) in [5, 5.41) is 3.35. The van der Waals surface area contributed by atoms with Crippen LogP contribution in [0.3, 0.4) is 0 Å². The molecule has 0 saturated heterocycles. The number of amides is 1. The second kappa shape index (κ2) is 8.08. The Morgan fingerprint density at radius 3 is 2.79 bits per heavy atom. The Kier molecular flexibility index (Phi) is 5.61. The molecule has 6 heteroatoms. The molecular weight excluding hydrogens is 338 g/mol. The summed E-state index contributed by atoms with van der Waals surface area (Å²) in [6, 6.07) is 18.1. The van der Waals surface area contributed by atoms with E-state index in [4.69, 9.17) is 0 Å². The van der Waals surface area contributed by atoms with Gasteiger partial charge >= 0.3 is 0 Å². The van der Waals surface area contributed by atoms with Gasteiger partial charge in [-0.1, -0.05) is 60.2 Å². The maximum atomic E-state index is 12.0. The van der Waals surface area contributed by atoms with Crippen LogP contribution in [0.4, 0.5) is 5.13 Å². The Balaban J connectivity index is 1.49. The van der Waals surface area contributed by atoms with Crippen LogP contribution in [0.25, 0.3) is 11.4 Å². The van der Waals surface area contributed by atoms with E-state index in [1.54, 1.807) is 11.8 Å². The van der Waals surface area contributed by atoms with Crippen molar-refractivity contribution in [1.82, 2.24) is 9.36 Å². The maximum Gasteiger partial charge on any atom is 0.236 e. The number of nitrogens with one attached hydrogen (secondary N) is 1. The molecule has 122 valence electrons. The van der Waals surface area contributed by atoms with E-state index in [1.165, 1.54) is 22.7 Å². The Hall–Kier alpha value is -2.18. The molecule has 0 bridgehead atoms. The zero-order valence-corrected chi connectivity index (χ0v) is 14.9. The van der Waals surface area contributed by atoms with Gasteiger partial charge in [-0.2, -0.15) is 9.36 Å². The van der Waals surface area contributed by atoms with Gasteiger partial charge in [0.25, 0.3) is 0 Å². The number of aromatic nitrogens is 2. The van der Waals surface area contributed by atoms with E-state index in [2.05, 4.69) is 39.8 Å². The molecule has 0 radical (unpaired) electrons. The molecule has 1 heterocycles. The zero-order valence-electron chi connectivity index (χ0n) is 13.2. The van der Waals surface area contributed by atoms with Gasteiger partial charge in [-0.05, 0) is 12.5 Å². The van der Waals surface area contributed by atoms with Crippen molar-refractivity contribution < 1.29 is 4.79 Å². The molecular formula is C18H17N3OS2. The fraction of sp³-hybridized carbons (Fsp3) is 0.167. The molecule has 3 aromatic rings. The molecule has 0 aliphatic rings. The Bertz CT molecular complexity index is 818. The average molecular weight is 355 g/mol. The molecule has 1 aromatic heterocycles. The number of aryl methyl sites for hydroxylation is 1. The van der Waals surface area contributed by atoms with Gasteiger partial charge < -0.3 is 0 Å². The summed E-state index contributed by atoms with van der Waals surface area (Å²) < 4.78 is 4.29. The quantitative estimate of drug-likeness (QED) is 0.713. The van der Waals surface area contributed by atoms with Crippen molar-refractivity contribution in [3.8, 4) is 11.4 Å². The van der Waals surface area contributed by atoms with Gasteiger partial charge in [0.15, 0.2) is 5.82 Å². The Labute approximate surface area is 149 Å². The molecule has 0 aliphatic carbocycles. The number of rotatable bonds is 6. The molecule has 4 nitrogen and oxygen atoms in total. The summed E-state index contributed by atoms with van der Waals surface area (Å²) in [6.45, 7) is 2.07. The third-order valence-electron chi connectivity index (χ3n) is 3.29. The lowest BCUT2D eigenvalue weighted by Crippen LogP contribution is -2.13. The lowest BCUT2D eigenvalue weighted by atomic mass is 10.2. The Morgan fingerprint density at radius 2 is 2.00 bits per heavy atom. The van der Waals surface area contributed by atoms with Gasteiger partial charge in [0, 0.05) is 22.8 Å². The van der Waals surface area contributed by atoms with Gasteiger partial charge in [-0.15, -0.1) is 11.8 Å². The van der Waals surface area contributed by atoms with Crippen LogP contribution in [0.2, 0.25) is 0 Å². The van der Waals surface area contributed by atoms with E-state index in [9.17, 15) is 4.79 Å². The lowest BCUT2D eigenvalue weighted by molar-refractivity contribution is -0.113. The monoisotopic (exact) mass is 355 g/mol. The molecule has 24 heavy (non-hydrogen) atoms. The minimum absolute atomic E-state index is 0.0524. The molecule has 2 aromatic carbocycles. The largest absolute Gasteiger partial charge is 0.300 e. The smallest absolute Gasteiger partial charge is 0.236 e. The van der Waals surface area contributed by atoms with Gasteiger partial charge in [0.1, 0.15) is 0 Å². The molecule has 1 amide bonds. The molecule has 0 spiro atoms. The van der Waals surface area contributed by atoms with E-state index >= 15 is 0 Å². The van der Waals surface area contributed by atoms with Crippen LogP contribution in [0.1, 0.15) is 11.1 Å². The minimum atomic E-state index is -0.0524. The summed E-state index contributed by atoms with van der Waals surface area (Å²) in [5.74, 6) is 1.81. The van der Waals surface area contributed by atoms with E-state index in [0.717, 1.165) is 11.3 Å². The third kappa shape index (κ3) is 4.66. The van der Waals surface area contributed by atoms with Gasteiger partial charge in [-0.25, -0.2) is 0 Å². The topological polar surface area (TPSA) is 54.9 Å². The highest BCUT2D eigenvalue weighted by Gasteiger charge is 2.09. The number of hydrogen-bond donors (Lipinski definition) is 1. The first-order valence-electron chi connectivity index (χ1n) is 7.53. The molecule has 0 fully saturated rings. The first-order chi connectivity index (χ1) is 11.7. The van der Waals surface area contributed by atoms with Crippen LogP contribution < -0.4 is 5.32 Å². The number of nitrogens with zero attached hydrogens (tertiary/aromatic N) is 2. The van der Waals surface area contributed by atoms with Gasteiger partial charge in [-0.3, -0.25) is 10.1 Å². The normalized spacial score (nSPS) is 10.5. The number of benzene rings is 2. The Morgan fingerprint density at radius 1 is 1.17 bits per heavy atom. The highest BCUT2D eigenvalue weighted by Crippen LogP contribution is 2.21. The van der Waals surface area contributed by atoms with Crippen LogP contribution in [-0.2, 0) is 10.5 Å². The molecule has 0 saturated carbocycles. The lowest BCUT2D eigenvalue weighted by Gasteiger charge is -2.03. The second-order valence-electron chi connectivity index (χ2n) is 5.32. The zero-order chi connectivity index (χ0) is 16.8. The fourth-order valence-corrected chi connectivity index (χ4v) is 3.58. The van der Waals surface area contributed by atoms with Crippen molar-refractivity contribution in [2.24, 2.45) is 0 Å². The van der Waals surface area contributed by atoms with Crippen LogP contribution in [-0.4, -0.2) is 21.0 Å². The first kappa shape index (κ1) is 16.7. The summed E-state index contributed by atoms with van der Waals surface area (Å²) in [6.07, 6.45) is 0. The van der Waals surface area contributed by atoms with Crippen LogP contribution in [0.15, 0.2) is 54.6 Å². The predicted octanol–water partition coefficient (Wildman–Crippen LogP) is 4.39. The van der Waals surface area contributed by atoms with Crippen molar-refractivity contribution in [2.45, 2.75) is 12.7 Å². The fourth-order valence-electron chi connectivity index (χ4n) is 2.20. The van der Waals surface area contributed by atoms with Crippen molar-refractivity contribution in [3.05, 3.63) is 65.7 Å². The van der Waals surface area contributed by atoms with Crippen LogP contribution >= 0.6 is 23.3 Å². The summed E-state index contributed by atoms with van der Waals surface area (Å²) >= 11 is 2.79. The van der Waals surface area contributed by atoms with E-state index in [1.807, 2.05) is 36.4 Å². The minimum Gasteiger partial charge on any atom is -0.300 e. The summed E-state index contributed by atoms with van der Waals surface area (Å²) in [5.41, 5.74) is 3.41. The predicted molar refractivity (Wildman–Crippen MR) is 101 cm³/mol. The number of carbonyl (C=O) groups excluding carboxylic acids is 1. The standard InChI is InChI=1S/C18H17N3OS2/c1-13-6-5-7-14(10-13)11-23-12-16(22)19-18-20-17(21-24-18)15-8-3-2-4-9-15/h2-10H,11-12H2,1H3,(H,19,20,21,22). The van der Waals surface area contributed by atoms with Gasteiger partial charge in [0.05, 0.1) is 5.75 Å². The van der Waals surface area contributed by atoms with Crippen LogP contribution in [0, 0.1) is 6.92 Å². The second-order valence-corrected chi connectivity index (χ2v) is 7.06. The molecule has 0 atom stereocenters. The van der Waals surface area contributed by atoms with Gasteiger partial charge in [0.2, 0.25) is 11.0 Å². The molecule has 0 unspecified atom stereocenters. The summed E-state index contributed by atoms with van der Waals surface area (Å²) in [7, 11) is 0. The SMILES string of the molecule is Cc1cccc(CSCC(=O)Nc2nc(-c3ccccc3)ns2)c1. The number of thioether (sulfide) groups is 1. The number of carbonyl (C=O) groups is 1. The van der Waals surface area contributed by atoms with Crippen LogP contribution in [0.5, 0.6) is 0 Å². The highest BCUT2D eigenvalue weighted by molar-refractivity contribution is 7.99. The van der Waals surface area contributed by atoms with Crippen molar-refractivity contribution in [1.29, 1.82) is 0 Å². The average Bonchev–Trinajstić information content (AvgIpc) is 3.04. The summed E-state index contributed by atoms with van der Waals surface area (Å²) in [4.78, 5) is 16.4. The number of hydrogen-bond acceptors (Lipinski definition) is 5. The van der Waals surface area contributed by atoms with E-state index < -0.39 is 0 Å². The van der Waals surface area contributed by atoms with E-state index in [-0.39, 0.29) is 5.91 Å². The highest BCUT2D eigenvalue weighted by atomic mass is 32.2. The number of anilines is 1. The molecule has 3 rings (SSSR count). The van der Waals surface area contributed by atoms with Crippen molar-refractivity contribution in [3.63, 3.8) is 0 Å². The molecule has 0 aliphatic heterocycles.